The molecule has 0 heterocycles. The van der Waals surface area contributed by atoms with E-state index >= 15 is 0 Å². The zero-order valence-electron chi connectivity index (χ0n) is 11.2. The van der Waals surface area contributed by atoms with Crippen molar-refractivity contribution in [3.05, 3.63) is 61.7 Å². The Morgan fingerprint density at radius 1 is 1.26 bits per heavy atom. The monoisotopic (exact) mass is 277 g/mol. The van der Waals surface area contributed by atoms with E-state index in [-0.39, 0.29) is 18.0 Å². The van der Waals surface area contributed by atoms with Gasteiger partial charge in [-0.1, -0.05) is 36.4 Å². The molecule has 1 aromatic carbocycles. The van der Waals surface area contributed by atoms with Crippen LogP contribution in [0.25, 0.3) is 5.57 Å². The lowest BCUT2D eigenvalue weighted by molar-refractivity contribution is 0.474. The van der Waals surface area contributed by atoms with Gasteiger partial charge in [-0.2, -0.15) is 4.31 Å². The Hall–Kier alpha value is -1.65. The van der Waals surface area contributed by atoms with Gasteiger partial charge in [0, 0.05) is 13.1 Å². The van der Waals surface area contributed by atoms with Gasteiger partial charge in [-0.05, 0) is 24.6 Å². The van der Waals surface area contributed by atoms with Gasteiger partial charge >= 0.3 is 0 Å². The van der Waals surface area contributed by atoms with E-state index in [9.17, 15) is 8.42 Å². The quantitative estimate of drug-likeness (QED) is 0.718. The van der Waals surface area contributed by atoms with E-state index in [1.54, 1.807) is 30.4 Å². The summed E-state index contributed by atoms with van der Waals surface area (Å²) in [5.41, 5.74) is 1.65. The third-order valence-corrected chi connectivity index (χ3v) is 4.46. The Balaban J connectivity index is 3.24. The van der Waals surface area contributed by atoms with E-state index in [1.165, 1.54) is 4.31 Å². The third-order valence-electron chi connectivity index (χ3n) is 2.63. The summed E-state index contributed by atoms with van der Waals surface area (Å²) >= 11 is 0. The number of benzene rings is 1. The predicted octanol–water partition coefficient (Wildman–Crippen LogP) is 3.08. The molecule has 0 unspecified atom stereocenters. The van der Waals surface area contributed by atoms with Crippen LogP contribution in [0.3, 0.4) is 0 Å². The summed E-state index contributed by atoms with van der Waals surface area (Å²) in [6, 6.07) is 6.78. The van der Waals surface area contributed by atoms with Crippen molar-refractivity contribution in [2.75, 3.05) is 13.1 Å². The lowest BCUT2D eigenvalue weighted by atomic mass is 10.1. The summed E-state index contributed by atoms with van der Waals surface area (Å²) in [4.78, 5) is 0.261. The van der Waals surface area contributed by atoms with Crippen molar-refractivity contribution in [3.8, 4) is 0 Å². The van der Waals surface area contributed by atoms with E-state index in [4.69, 9.17) is 0 Å². The van der Waals surface area contributed by atoms with Crippen LogP contribution in [0.1, 0.15) is 12.5 Å². The highest BCUT2D eigenvalue weighted by molar-refractivity contribution is 7.89. The fourth-order valence-corrected chi connectivity index (χ4v) is 3.06. The van der Waals surface area contributed by atoms with E-state index < -0.39 is 10.0 Å². The molecular weight excluding hydrogens is 258 g/mol. The number of nitrogens with zero attached hydrogens (tertiary/aromatic N) is 1. The lowest BCUT2D eigenvalue weighted by Gasteiger charge is -2.19. The van der Waals surface area contributed by atoms with Crippen molar-refractivity contribution in [3.63, 3.8) is 0 Å². The number of allylic oxidation sites excluding steroid dienone is 1. The van der Waals surface area contributed by atoms with Crippen LogP contribution in [0.2, 0.25) is 0 Å². The second-order valence-corrected chi connectivity index (χ2v) is 6.15. The largest absolute Gasteiger partial charge is 0.243 e. The molecular formula is C15H19NO2S. The van der Waals surface area contributed by atoms with Gasteiger partial charge in [0.2, 0.25) is 10.0 Å². The molecule has 1 rings (SSSR count). The van der Waals surface area contributed by atoms with Crippen LogP contribution in [0.15, 0.2) is 61.0 Å². The zero-order chi connectivity index (χ0) is 14.5. The molecule has 0 saturated carbocycles. The number of rotatable bonds is 7. The summed E-state index contributed by atoms with van der Waals surface area (Å²) in [5.74, 6) is 0. The van der Waals surface area contributed by atoms with Gasteiger partial charge in [-0.25, -0.2) is 8.42 Å². The predicted molar refractivity (Wildman–Crippen MR) is 80.3 cm³/mol. The molecule has 0 atom stereocenters. The van der Waals surface area contributed by atoms with Gasteiger partial charge in [0.15, 0.2) is 0 Å². The van der Waals surface area contributed by atoms with Crippen molar-refractivity contribution >= 4 is 15.6 Å². The molecule has 0 aliphatic carbocycles. The Labute approximate surface area is 115 Å². The smallest absolute Gasteiger partial charge is 0.207 e. The summed E-state index contributed by atoms with van der Waals surface area (Å²) in [5, 5.41) is 0. The molecule has 0 amide bonds. The first-order valence-electron chi connectivity index (χ1n) is 5.91. The van der Waals surface area contributed by atoms with Crippen molar-refractivity contribution in [2.24, 2.45) is 0 Å². The first-order valence-corrected chi connectivity index (χ1v) is 7.35. The standard InChI is InChI=1S/C15H19NO2S/c1-5-10-16(11-6-2)19(17,18)15-9-7-8-14(12-15)13(3)4/h5-9,12H,1-3,10-11H2,4H3. The zero-order valence-corrected chi connectivity index (χ0v) is 12.0. The molecule has 19 heavy (non-hydrogen) atoms. The molecule has 0 N–H and O–H groups in total. The highest BCUT2D eigenvalue weighted by Crippen LogP contribution is 2.20. The Morgan fingerprint density at radius 3 is 2.32 bits per heavy atom. The second kappa shape index (κ2) is 6.50. The molecule has 1 aromatic rings. The van der Waals surface area contributed by atoms with Crippen LogP contribution >= 0.6 is 0 Å². The molecule has 0 aromatic heterocycles. The summed E-state index contributed by atoms with van der Waals surface area (Å²) in [6.45, 7) is 13.3. The fourth-order valence-electron chi connectivity index (χ4n) is 1.63. The molecule has 0 spiro atoms. The van der Waals surface area contributed by atoms with Crippen LogP contribution in [0.4, 0.5) is 0 Å². The molecule has 0 saturated heterocycles. The molecule has 0 bridgehead atoms. The summed E-state index contributed by atoms with van der Waals surface area (Å²) < 4.78 is 26.3. The molecule has 102 valence electrons. The van der Waals surface area contributed by atoms with E-state index in [0.717, 1.165) is 11.1 Å². The highest BCUT2D eigenvalue weighted by atomic mass is 32.2. The normalized spacial score (nSPS) is 11.3. The highest BCUT2D eigenvalue weighted by Gasteiger charge is 2.22. The van der Waals surface area contributed by atoms with Gasteiger partial charge in [-0.3, -0.25) is 0 Å². The van der Waals surface area contributed by atoms with E-state index in [1.807, 2.05) is 13.0 Å². The van der Waals surface area contributed by atoms with Gasteiger partial charge in [0.25, 0.3) is 0 Å². The summed E-state index contributed by atoms with van der Waals surface area (Å²) in [6.07, 6.45) is 3.12. The van der Waals surface area contributed by atoms with Crippen LogP contribution in [-0.2, 0) is 10.0 Å². The van der Waals surface area contributed by atoms with Crippen LogP contribution in [0, 0.1) is 0 Å². The van der Waals surface area contributed by atoms with E-state index in [0.29, 0.717) is 0 Å². The van der Waals surface area contributed by atoms with Crippen LogP contribution in [-0.4, -0.2) is 25.8 Å². The Kier molecular flexibility index (Phi) is 5.27. The maximum Gasteiger partial charge on any atom is 0.243 e. The maximum absolute atomic E-state index is 12.5. The minimum Gasteiger partial charge on any atom is -0.207 e. The maximum atomic E-state index is 12.5. The first-order chi connectivity index (χ1) is 8.93. The van der Waals surface area contributed by atoms with Crippen LogP contribution < -0.4 is 0 Å². The fraction of sp³-hybridized carbons (Fsp3) is 0.200. The SMILES string of the molecule is C=CCN(CC=C)S(=O)(=O)c1cccc(C(=C)C)c1. The lowest BCUT2D eigenvalue weighted by Crippen LogP contribution is -2.31. The average Bonchev–Trinajstić information content (AvgIpc) is 2.38. The van der Waals surface area contributed by atoms with Crippen molar-refractivity contribution < 1.29 is 8.42 Å². The number of hydrogen-bond acceptors (Lipinski definition) is 2. The van der Waals surface area contributed by atoms with Gasteiger partial charge in [0.1, 0.15) is 0 Å². The van der Waals surface area contributed by atoms with Crippen molar-refractivity contribution in [1.82, 2.24) is 4.31 Å². The second-order valence-electron chi connectivity index (χ2n) is 4.21. The van der Waals surface area contributed by atoms with Crippen molar-refractivity contribution in [1.29, 1.82) is 0 Å². The van der Waals surface area contributed by atoms with Gasteiger partial charge < -0.3 is 0 Å². The molecule has 0 aliphatic rings. The first kappa shape index (κ1) is 15.4. The van der Waals surface area contributed by atoms with Gasteiger partial charge in [0.05, 0.1) is 4.90 Å². The molecule has 3 nitrogen and oxygen atoms in total. The number of hydrogen-bond donors (Lipinski definition) is 0. The average molecular weight is 277 g/mol. The molecule has 0 fully saturated rings. The molecule has 0 radical (unpaired) electrons. The minimum absolute atomic E-state index is 0.256. The summed E-state index contributed by atoms with van der Waals surface area (Å²) in [7, 11) is -3.53. The topological polar surface area (TPSA) is 37.4 Å². The Bertz CT molecular complexity index is 578. The van der Waals surface area contributed by atoms with Crippen LogP contribution in [0.5, 0.6) is 0 Å². The Morgan fingerprint density at radius 2 is 1.84 bits per heavy atom. The minimum atomic E-state index is -3.53. The van der Waals surface area contributed by atoms with Crippen molar-refractivity contribution in [2.45, 2.75) is 11.8 Å². The van der Waals surface area contributed by atoms with E-state index in [2.05, 4.69) is 19.7 Å². The third kappa shape index (κ3) is 3.66. The van der Waals surface area contributed by atoms with Gasteiger partial charge in [-0.15, -0.1) is 13.2 Å². The molecule has 4 heteroatoms. The molecule has 0 aliphatic heterocycles. The number of sulfonamides is 1.